The third-order valence-corrected chi connectivity index (χ3v) is 5.72. The Bertz CT molecular complexity index is 902. The van der Waals surface area contributed by atoms with Crippen LogP contribution in [-0.2, 0) is 5.41 Å². The number of carbonyl (C=O) groups excluding carboxylic acids is 1. The minimum Gasteiger partial charge on any atom is -0.365 e. The topological polar surface area (TPSA) is 112 Å². The molecule has 1 amide bonds. The maximum absolute atomic E-state index is 11.9. The highest BCUT2D eigenvalue weighted by atomic mass is 16.1. The third-order valence-electron chi connectivity index (χ3n) is 5.72. The Hall–Kier alpha value is -2.49. The zero-order chi connectivity index (χ0) is 22.0. The highest BCUT2D eigenvalue weighted by Crippen LogP contribution is 2.42. The van der Waals surface area contributed by atoms with Gasteiger partial charge in [-0.05, 0) is 44.9 Å². The lowest BCUT2D eigenvalue weighted by atomic mass is 9.75. The molecule has 29 heavy (non-hydrogen) atoms. The number of hydrogen-bond acceptors (Lipinski definition) is 4. The van der Waals surface area contributed by atoms with Crippen molar-refractivity contribution in [2.24, 2.45) is 11.1 Å². The molecule has 0 unspecified atom stereocenters. The van der Waals surface area contributed by atoms with Crippen LogP contribution in [0.25, 0.3) is 5.65 Å². The summed E-state index contributed by atoms with van der Waals surface area (Å²) < 4.78 is 1.83. The first-order valence-corrected chi connectivity index (χ1v) is 10.4. The highest BCUT2D eigenvalue weighted by Gasteiger charge is 2.37. The van der Waals surface area contributed by atoms with Crippen molar-refractivity contribution in [2.45, 2.75) is 91.5 Å². The Morgan fingerprint density at radius 2 is 1.90 bits per heavy atom. The summed E-state index contributed by atoms with van der Waals surface area (Å²) in [5.74, 6) is 0.340. The van der Waals surface area contributed by atoms with Gasteiger partial charge < -0.3 is 11.1 Å². The smallest absolute Gasteiger partial charge is 0.254 e. The van der Waals surface area contributed by atoms with E-state index in [-0.39, 0.29) is 16.4 Å². The fourth-order valence-corrected chi connectivity index (χ4v) is 4.63. The zero-order valence-corrected chi connectivity index (χ0v) is 18.9. The molecule has 0 aliphatic carbocycles. The zero-order valence-electron chi connectivity index (χ0n) is 18.9. The van der Waals surface area contributed by atoms with Crippen LogP contribution in [0.3, 0.4) is 0 Å². The molecule has 2 aromatic rings. The van der Waals surface area contributed by atoms with E-state index in [0.717, 1.165) is 37.2 Å². The van der Waals surface area contributed by atoms with Gasteiger partial charge in [0.25, 0.3) is 5.91 Å². The van der Waals surface area contributed by atoms with Gasteiger partial charge in [0, 0.05) is 23.6 Å². The monoisotopic (exact) mass is 400 g/mol. The molecular weight excluding hydrogens is 364 g/mol. The fourth-order valence-electron chi connectivity index (χ4n) is 4.63. The molecule has 2 aromatic heterocycles. The normalized spacial score (nSPS) is 12.9. The van der Waals surface area contributed by atoms with Gasteiger partial charge >= 0.3 is 0 Å². The predicted octanol–water partition coefficient (Wildman–Crippen LogP) is 4.75. The number of nitrogens with one attached hydrogen (secondary N) is 2. The molecule has 0 spiro atoms. The van der Waals surface area contributed by atoms with Crippen molar-refractivity contribution >= 4 is 17.4 Å². The molecule has 0 atom stereocenters. The lowest BCUT2D eigenvalue weighted by molar-refractivity contribution is 0.100. The molecule has 160 valence electrons. The van der Waals surface area contributed by atoms with Crippen molar-refractivity contribution in [1.82, 2.24) is 14.6 Å². The molecule has 2 heterocycles. The number of H-pyrrole nitrogens is 1. The molecular formula is C22H36N6O. The van der Waals surface area contributed by atoms with Crippen molar-refractivity contribution < 1.29 is 4.79 Å². The summed E-state index contributed by atoms with van der Waals surface area (Å²) in [5, 5.41) is 16.1. The van der Waals surface area contributed by atoms with E-state index in [1.165, 1.54) is 0 Å². The number of nitrogens with zero attached hydrogens (tertiary/aromatic N) is 3. The molecule has 7 heteroatoms. The number of rotatable bonds is 9. The summed E-state index contributed by atoms with van der Waals surface area (Å²) in [6, 6.07) is 2.28. The fraction of sp³-hybridized carbons (Fsp3) is 0.682. The SMILES string of the molecule is CCC(CC)(CCC#N)c1nc2c(C(N)=O)c[nH]n2c1NC(C)(C)CC(C)(C)C. The molecule has 0 saturated heterocycles. The minimum absolute atomic E-state index is 0.141. The van der Waals surface area contributed by atoms with Gasteiger partial charge in [0.1, 0.15) is 5.56 Å². The highest BCUT2D eigenvalue weighted by molar-refractivity contribution is 5.99. The summed E-state index contributed by atoms with van der Waals surface area (Å²) in [6.45, 7) is 15.3. The van der Waals surface area contributed by atoms with Crippen molar-refractivity contribution in [3.8, 4) is 6.07 Å². The average molecular weight is 401 g/mol. The van der Waals surface area contributed by atoms with E-state index in [1.54, 1.807) is 6.20 Å². The summed E-state index contributed by atoms with van der Waals surface area (Å²) >= 11 is 0. The van der Waals surface area contributed by atoms with Gasteiger partial charge in [0.05, 0.1) is 11.8 Å². The Labute approximate surface area is 174 Å². The van der Waals surface area contributed by atoms with Gasteiger partial charge in [-0.2, -0.15) is 5.26 Å². The number of aromatic nitrogens is 3. The standard InChI is InChI=1S/C22H36N6O/c1-8-22(9-2,11-10-12-23)16-19(27-21(6,7)14-20(3,4)5)28-18(26-16)15(13-25-28)17(24)29/h13,25,27H,8-11,14H2,1-7H3,(H2,24,29). The van der Waals surface area contributed by atoms with Crippen LogP contribution in [-0.4, -0.2) is 26.0 Å². The van der Waals surface area contributed by atoms with Crippen LogP contribution in [0.5, 0.6) is 0 Å². The van der Waals surface area contributed by atoms with Crippen molar-refractivity contribution in [3.05, 3.63) is 17.5 Å². The molecule has 0 aliphatic heterocycles. The number of nitrogens with two attached hydrogens (primary N) is 1. The Balaban J connectivity index is 2.69. The number of imidazole rings is 1. The quantitative estimate of drug-likeness (QED) is 0.564. The average Bonchev–Trinajstić information content (AvgIpc) is 3.15. The molecule has 0 aromatic carbocycles. The number of anilines is 1. The van der Waals surface area contributed by atoms with Crippen molar-refractivity contribution in [3.63, 3.8) is 0 Å². The van der Waals surface area contributed by atoms with E-state index in [2.05, 4.69) is 65.0 Å². The van der Waals surface area contributed by atoms with Crippen LogP contribution in [0, 0.1) is 16.7 Å². The first-order valence-electron chi connectivity index (χ1n) is 10.4. The molecule has 0 radical (unpaired) electrons. The van der Waals surface area contributed by atoms with Gasteiger partial charge in [-0.15, -0.1) is 0 Å². The van der Waals surface area contributed by atoms with E-state index in [1.807, 2.05) is 4.52 Å². The molecule has 0 fully saturated rings. The number of fused-ring (bicyclic) bond motifs is 1. The van der Waals surface area contributed by atoms with Crippen LogP contribution in [0.4, 0.5) is 5.82 Å². The second-order valence-corrected chi connectivity index (χ2v) is 9.91. The summed E-state index contributed by atoms with van der Waals surface area (Å²) in [6.07, 6.45) is 5.43. The Kier molecular flexibility index (Phi) is 6.36. The summed E-state index contributed by atoms with van der Waals surface area (Å²) in [4.78, 5) is 16.8. The van der Waals surface area contributed by atoms with Crippen molar-refractivity contribution in [2.75, 3.05) is 5.32 Å². The number of aromatic amines is 1. The van der Waals surface area contributed by atoms with Crippen molar-refractivity contribution in [1.29, 1.82) is 5.26 Å². The van der Waals surface area contributed by atoms with Gasteiger partial charge in [-0.25, -0.2) is 9.50 Å². The van der Waals surface area contributed by atoms with Gasteiger partial charge in [-0.1, -0.05) is 34.6 Å². The van der Waals surface area contributed by atoms with Crippen LogP contribution < -0.4 is 11.1 Å². The number of hydrogen-bond donors (Lipinski definition) is 3. The van der Waals surface area contributed by atoms with E-state index in [4.69, 9.17) is 10.7 Å². The van der Waals surface area contributed by atoms with Crippen LogP contribution in [0.15, 0.2) is 6.20 Å². The summed E-state index contributed by atoms with van der Waals surface area (Å²) in [7, 11) is 0. The number of nitriles is 1. The Morgan fingerprint density at radius 1 is 1.28 bits per heavy atom. The third kappa shape index (κ3) is 4.75. The van der Waals surface area contributed by atoms with E-state index >= 15 is 0 Å². The lowest BCUT2D eigenvalue weighted by Crippen LogP contribution is -2.37. The van der Waals surface area contributed by atoms with Gasteiger partial charge in [0.2, 0.25) is 0 Å². The van der Waals surface area contributed by atoms with Gasteiger partial charge in [-0.3, -0.25) is 9.89 Å². The van der Waals surface area contributed by atoms with Crippen LogP contribution in [0.1, 0.15) is 96.6 Å². The maximum atomic E-state index is 11.9. The van der Waals surface area contributed by atoms with Crippen LogP contribution in [0.2, 0.25) is 0 Å². The van der Waals surface area contributed by atoms with E-state index in [0.29, 0.717) is 17.6 Å². The number of amides is 1. The molecule has 0 aliphatic rings. The van der Waals surface area contributed by atoms with E-state index in [9.17, 15) is 10.1 Å². The number of primary amides is 1. The number of carbonyl (C=O) groups is 1. The summed E-state index contributed by atoms with van der Waals surface area (Å²) in [5.41, 5.74) is 7.06. The molecule has 7 nitrogen and oxygen atoms in total. The van der Waals surface area contributed by atoms with Gasteiger partial charge in [0.15, 0.2) is 11.5 Å². The first kappa shape index (κ1) is 22.8. The predicted molar refractivity (Wildman–Crippen MR) is 117 cm³/mol. The second-order valence-electron chi connectivity index (χ2n) is 9.91. The molecule has 4 N–H and O–H groups in total. The van der Waals surface area contributed by atoms with E-state index < -0.39 is 5.91 Å². The lowest BCUT2D eigenvalue weighted by Gasteiger charge is -2.36. The maximum Gasteiger partial charge on any atom is 0.254 e. The first-order chi connectivity index (χ1) is 13.4. The van der Waals surface area contributed by atoms with Crippen LogP contribution >= 0.6 is 0 Å². The largest absolute Gasteiger partial charge is 0.365 e. The molecule has 2 rings (SSSR count). The minimum atomic E-state index is -0.510. The molecule has 0 saturated carbocycles. The molecule has 0 bridgehead atoms. The second kappa shape index (κ2) is 8.10. The Morgan fingerprint density at radius 3 is 2.38 bits per heavy atom.